The van der Waals surface area contributed by atoms with Gasteiger partial charge in [-0.1, -0.05) is 12.1 Å². The van der Waals surface area contributed by atoms with E-state index in [4.69, 9.17) is 0 Å². The van der Waals surface area contributed by atoms with Gasteiger partial charge in [-0.2, -0.15) is 0 Å². The van der Waals surface area contributed by atoms with Crippen molar-refractivity contribution in [1.29, 1.82) is 0 Å². The molecule has 6 heteroatoms. The second-order valence-corrected chi connectivity index (χ2v) is 8.61. The molecule has 2 aromatic heterocycles. The molecule has 1 aromatic carbocycles. The zero-order chi connectivity index (χ0) is 17.6. The fourth-order valence-corrected chi connectivity index (χ4v) is 4.47. The van der Waals surface area contributed by atoms with Crippen molar-refractivity contribution in [2.45, 2.75) is 39.2 Å². The van der Waals surface area contributed by atoms with Crippen molar-refractivity contribution < 1.29 is 4.79 Å². The van der Waals surface area contributed by atoms with Gasteiger partial charge in [-0.25, -0.2) is 4.98 Å². The molecular weight excluding hydrogens is 398 g/mol. The van der Waals surface area contributed by atoms with E-state index < -0.39 is 0 Å². The number of imidazole rings is 1. The minimum Gasteiger partial charge on any atom is -0.356 e. The van der Waals surface area contributed by atoms with Crippen LogP contribution in [0.15, 0.2) is 40.2 Å². The van der Waals surface area contributed by atoms with E-state index in [0.717, 1.165) is 46.5 Å². The second kappa shape index (κ2) is 8.63. The molecule has 0 saturated heterocycles. The van der Waals surface area contributed by atoms with Crippen LogP contribution in [0.4, 0.5) is 0 Å². The van der Waals surface area contributed by atoms with Crippen molar-refractivity contribution in [1.82, 2.24) is 14.9 Å². The Morgan fingerprint density at radius 2 is 2.08 bits per heavy atom. The Morgan fingerprint density at radius 1 is 1.24 bits per heavy atom. The van der Waals surface area contributed by atoms with Crippen molar-refractivity contribution in [2.75, 3.05) is 6.54 Å². The number of aryl methyl sites for hydroxylation is 3. The van der Waals surface area contributed by atoms with Crippen LogP contribution in [0.3, 0.4) is 0 Å². The maximum atomic E-state index is 11.9. The van der Waals surface area contributed by atoms with Crippen LogP contribution in [0.1, 0.15) is 30.0 Å². The first-order chi connectivity index (χ1) is 12.1. The van der Waals surface area contributed by atoms with E-state index in [-0.39, 0.29) is 5.91 Å². The lowest BCUT2D eigenvalue weighted by Crippen LogP contribution is -2.25. The number of nitrogens with zero attached hydrogens (tertiary/aromatic N) is 2. The van der Waals surface area contributed by atoms with E-state index >= 15 is 0 Å². The van der Waals surface area contributed by atoms with Crippen molar-refractivity contribution in [3.8, 4) is 0 Å². The lowest BCUT2D eigenvalue weighted by atomic mass is 10.2. The standard InChI is InChI=1S/C19H22BrN3OS/c1-14-22-16-7-2-3-8-17(16)23(14)13-5-12-21-19(24)9-4-6-15-10-11-18(20)25-15/h2-3,7-8,10-11H,4-6,9,12-13H2,1H3,(H,21,24). The number of benzene rings is 1. The first kappa shape index (κ1) is 18.1. The van der Waals surface area contributed by atoms with Gasteiger partial charge in [0.05, 0.1) is 14.8 Å². The number of fused-ring (bicyclic) bond motifs is 1. The van der Waals surface area contributed by atoms with Gasteiger partial charge in [-0.3, -0.25) is 4.79 Å². The lowest BCUT2D eigenvalue weighted by Gasteiger charge is -2.08. The summed E-state index contributed by atoms with van der Waals surface area (Å²) in [5.74, 6) is 1.16. The predicted octanol–water partition coefficient (Wildman–Crippen LogP) is 4.70. The van der Waals surface area contributed by atoms with E-state index in [1.165, 1.54) is 4.88 Å². The lowest BCUT2D eigenvalue weighted by molar-refractivity contribution is -0.121. The highest BCUT2D eigenvalue weighted by molar-refractivity contribution is 9.11. The summed E-state index contributed by atoms with van der Waals surface area (Å²) >= 11 is 5.20. The molecule has 0 radical (unpaired) electrons. The van der Waals surface area contributed by atoms with Crippen LogP contribution in [0.2, 0.25) is 0 Å². The zero-order valence-electron chi connectivity index (χ0n) is 14.3. The monoisotopic (exact) mass is 419 g/mol. The molecule has 0 atom stereocenters. The minimum absolute atomic E-state index is 0.142. The Hall–Kier alpha value is -1.66. The highest BCUT2D eigenvalue weighted by atomic mass is 79.9. The Kier molecular flexibility index (Phi) is 6.26. The fourth-order valence-electron chi connectivity index (χ4n) is 2.94. The van der Waals surface area contributed by atoms with E-state index in [0.29, 0.717) is 13.0 Å². The molecule has 0 aliphatic heterocycles. The van der Waals surface area contributed by atoms with Gasteiger partial charge in [-0.05, 0) is 66.4 Å². The van der Waals surface area contributed by atoms with Crippen LogP contribution >= 0.6 is 27.3 Å². The molecule has 0 fully saturated rings. The molecule has 0 aliphatic rings. The normalized spacial score (nSPS) is 11.1. The Bertz CT molecular complexity index is 855. The largest absolute Gasteiger partial charge is 0.356 e. The van der Waals surface area contributed by atoms with Gasteiger partial charge in [0, 0.05) is 24.4 Å². The van der Waals surface area contributed by atoms with Crippen molar-refractivity contribution >= 4 is 44.2 Å². The number of rotatable bonds is 8. The maximum Gasteiger partial charge on any atom is 0.220 e. The third-order valence-corrected chi connectivity index (χ3v) is 5.87. The highest BCUT2D eigenvalue weighted by Crippen LogP contribution is 2.23. The number of halogens is 1. The molecule has 4 nitrogen and oxygen atoms in total. The molecule has 0 bridgehead atoms. The first-order valence-electron chi connectivity index (χ1n) is 8.56. The van der Waals surface area contributed by atoms with Crippen molar-refractivity contribution in [2.24, 2.45) is 0 Å². The second-order valence-electron chi connectivity index (χ2n) is 6.06. The predicted molar refractivity (Wildman–Crippen MR) is 107 cm³/mol. The summed E-state index contributed by atoms with van der Waals surface area (Å²) in [7, 11) is 0. The van der Waals surface area contributed by atoms with E-state index in [2.05, 4.69) is 49.0 Å². The quantitative estimate of drug-likeness (QED) is 0.537. The average molecular weight is 420 g/mol. The number of carbonyl (C=O) groups excluding carboxylic acids is 1. The van der Waals surface area contributed by atoms with Crippen LogP contribution in [-0.4, -0.2) is 22.0 Å². The summed E-state index contributed by atoms with van der Waals surface area (Å²) in [4.78, 5) is 17.8. The summed E-state index contributed by atoms with van der Waals surface area (Å²) in [6.45, 7) is 3.60. The summed E-state index contributed by atoms with van der Waals surface area (Å²) in [5.41, 5.74) is 2.19. The molecule has 25 heavy (non-hydrogen) atoms. The molecule has 0 unspecified atom stereocenters. The van der Waals surface area contributed by atoms with Gasteiger partial charge in [-0.15, -0.1) is 11.3 Å². The smallest absolute Gasteiger partial charge is 0.220 e. The Morgan fingerprint density at radius 3 is 2.88 bits per heavy atom. The van der Waals surface area contributed by atoms with E-state index in [1.54, 1.807) is 11.3 Å². The SMILES string of the molecule is Cc1nc2ccccc2n1CCCNC(=O)CCCc1ccc(Br)s1. The van der Waals surface area contributed by atoms with Crippen LogP contribution < -0.4 is 5.32 Å². The third-order valence-electron chi connectivity index (χ3n) is 4.18. The summed E-state index contributed by atoms with van der Waals surface area (Å²) in [6, 6.07) is 12.3. The number of amides is 1. The summed E-state index contributed by atoms with van der Waals surface area (Å²) in [5, 5.41) is 3.03. The first-order valence-corrected chi connectivity index (χ1v) is 10.2. The molecule has 2 heterocycles. The van der Waals surface area contributed by atoms with Crippen LogP contribution in [-0.2, 0) is 17.8 Å². The fraction of sp³-hybridized carbons (Fsp3) is 0.368. The number of para-hydroxylation sites is 2. The zero-order valence-corrected chi connectivity index (χ0v) is 16.7. The van der Waals surface area contributed by atoms with Gasteiger partial charge >= 0.3 is 0 Å². The van der Waals surface area contributed by atoms with E-state index in [9.17, 15) is 4.79 Å². The van der Waals surface area contributed by atoms with Gasteiger partial charge < -0.3 is 9.88 Å². The van der Waals surface area contributed by atoms with E-state index in [1.807, 2.05) is 25.1 Å². The maximum absolute atomic E-state index is 11.9. The number of thiophene rings is 1. The number of hydrogen-bond donors (Lipinski definition) is 1. The van der Waals surface area contributed by atoms with Gasteiger partial charge in [0.25, 0.3) is 0 Å². The van der Waals surface area contributed by atoms with Crippen LogP contribution in [0.25, 0.3) is 11.0 Å². The van der Waals surface area contributed by atoms with Crippen molar-refractivity contribution in [3.63, 3.8) is 0 Å². The summed E-state index contributed by atoms with van der Waals surface area (Å²) in [6.07, 6.45) is 3.35. The molecule has 3 aromatic rings. The number of carbonyl (C=O) groups is 1. The molecule has 1 amide bonds. The molecule has 0 saturated carbocycles. The van der Waals surface area contributed by atoms with Gasteiger partial charge in [0.15, 0.2) is 0 Å². The number of nitrogens with one attached hydrogen (secondary N) is 1. The highest BCUT2D eigenvalue weighted by Gasteiger charge is 2.07. The van der Waals surface area contributed by atoms with Crippen LogP contribution in [0, 0.1) is 6.92 Å². The minimum atomic E-state index is 0.142. The number of hydrogen-bond acceptors (Lipinski definition) is 3. The van der Waals surface area contributed by atoms with Crippen molar-refractivity contribution in [3.05, 3.63) is 50.9 Å². The topological polar surface area (TPSA) is 46.9 Å². The summed E-state index contributed by atoms with van der Waals surface area (Å²) < 4.78 is 3.37. The molecule has 3 rings (SSSR count). The van der Waals surface area contributed by atoms with Crippen LogP contribution in [0.5, 0.6) is 0 Å². The number of aromatic nitrogens is 2. The van der Waals surface area contributed by atoms with Gasteiger partial charge in [0.1, 0.15) is 5.82 Å². The Balaban J connectivity index is 1.37. The molecular formula is C19H22BrN3OS. The molecule has 0 aliphatic carbocycles. The molecule has 1 N–H and O–H groups in total. The van der Waals surface area contributed by atoms with Gasteiger partial charge in [0.2, 0.25) is 5.91 Å². The Labute approximate surface area is 160 Å². The molecule has 0 spiro atoms. The molecule has 132 valence electrons. The third kappa shape index (κ3) is 4.92. The average Bonchev–Trinajstić information content (AvgIpc) is 3.14.